The summed E-state index contributed by atoms with van der Waals surface area (Å²) in [7, 11) is 0. The number of benzene rings is 1. The molecule has 6 heteroatoms. The van der Waals surface area contributed by atoms with Gasteiger partial charge in [-0.25, -0.2) is 0 Å². The summed E-state index contributed by atoms with van der Waals surface area (Å²) in [6.07, 6.45) is 0. The van der Waals surface area contributed by atoms with Crippen LogP contribution in [-0.4, -0.2) is 20.9 Å². The molecule has 1 rings (SSSR count). The molecule has 0 aromatic heterocycles. The minimum absolute atomic E-state index is 0.651. The van der Waals surface area contributed by atoms with Gasteiger partial charge in [-0.3, -0.25) is 0 Å². The first-order valence-corrected chi connectivity index (χ1v) is 6.55. The van der Waals surface area contributed by atoms with E-state index in [4.69, 9.17) is 0 Å². The Labute approximate surface area is 80.8 Å². The number of rotatable bonds is 1. The van der Waals surface area contributed by atoms with E-state index >= 15 is 0 Å². The van der Waals surface area contributed by atoms with Crippen molar-refractivity contribution in [1.29, 1.82) is 0 Å². The molecule has 0 heterocycles. The summed E-state index contributed by atoms with van der Waals surface area (Å²) in [5, 5.41) is 0. The van der Waals surface area contributed by atoms with Gasteiger partial charge in [0, 0.05) is 0 Å². The van der Waals surface area contributed by atoms with Crippen LogP contribution >= 0.6 is 0 Å². The average Bonchev–Trinajstić information content (AvgIpc) is 2.13. The molecule has 13 heavy (non-hydrogen) atoms. The van der Waals surface area contributed by atoms with E-state index in [2.05, 4.69) is 0 Å². The predicted molar refractivity (Wildman–Crippen MR) is 37.5 cm³/mol. The number of hydrogen-bond donors (Lipinski definition) is 0. The van der Waals surface area contributed by atoms with Crippen LogP contribution in [-0.2, 0) is 0 Å². The van der Waals surface area contributed by atoms with Crippen LogP contribution in [0.3, 0.4) is 0 Å². The third kappa shape index (κ3) is 1.65. The summed E-state index contributed by atoms with van der Waals surface area (Å²) < 4.78 is 62.1. The summed E-state index contributed by atoms with van der Waals surface area (Å²) in [6, 6.07) is 0. The van der Waals surface area contributed by atoms with Crippen molar-refractivity contribution in [1.82, 2.24) is 0 Å². The maximum absolute atomic E-state index is 12.7. The van der Waals surface area contributed by atoms with Crippen LogP contribution in [0.25, 0.3) is 0 Å². The summed E-state index contributed by atoms with van der Waals surface area (Å²) in [5.41, 5.74) is 0. The van der Waals surface area contributed by atoms with Crippen LogP contribution in [0.5, 0.6) is 0 Å². The molecule has 0 N–H and O–H groups in total. The van der Waals surface area contributed by atoms with Gasteiger partial charge in [-0.05, 0) is 0 Å². The molecule has 72 valence electrons. The quantitative estimate of drug-likeness (QED) is 0.321. The van der Waals surface area contributed by atoms with Crippen molar-refractivity contribution in [2.24, 2.45) is 0 Å². The molecular formula is C7H3F5Te. The van der Waals surface area contributed by atoms with Crippen LogP contribution in [0, 0.1) is 29.1 Å². The van der Waals surface area contributed by atoms with Gasteiger partial charge in [0.15, 0.2) is 0 Å². The molecule has 1 aromatic rings. The minimum atomic E-state index is -2.10. The second-order valence-electron chi connectivity index (χ2n) is 2.10. The Morgan fingerprint density at radius 2 is 1.00 bits per heavy atom. The first-order valence-electron chi connectivity index (χ1n) is 3.06. The van der Waals surface area contributed by atoms with Crippen molar-refractivity contribution in [2.45, 2.75) is 4.97 Å². The van der Waals surface area contributed by atoms with Crippen molar-refractivity contribution in [3.05, 3.63) is 29.1 Å². The fourth-order valence-corrected chi connectivity index (χ4v) is 2.30. The zero-order valence-electron chi connectivity index (χ0n) is 6.30. The molecular weight excluding hydrogens is 307 g/mol. The van der Waals surface area contributed by atoms with Gasteiger partial charge >= 0.3 is 80.5 Å². The monoisotopic (exact) mass is 312 g/mol. The molecule has 0 amide bonds. The molecule has 0 aliphatic heterocycles. The fraction of sp³-hybridized carbons (Fsp3) is 0.143. The van der Waals surface area contributed by atoms with E-state index in [0.29, 0.717) is 0 Å². The van der Waals surface area contributed by atoms with Crippen LogP contribution < -0.4 is 3.61 Å². The molecule has 0 radical (unpaired) electrons. The summed E-state index contributed by atoms with van der Waals surface area (Å²) >= 11 is -1.35. The van der Waals surface area contributed by atoms with Gasteiger partial charge in [0.25, 0.3) is 0 Å². The van der Waals surface area contributed by atoms with Gasteiger partial charge in [-0.15, -0.1) is 0 Å². The summed E-state index contributed by atoms with van der Waals surface area (Å²) in [4.78, 5) is 1.43. The van der Waals surface area contributed by atoms with Crippen molar-refractivity contribution >= 4 is 24.5 Å². The number of halogens is 5. The predicted octanol–water partition coefficient (Wildman–Crippen LogP) is 1.76. The summed E-state index contributed by atoms with van der Waals surface area (Å²) in [6.45, 7) is 0. The maximum atomic E-state index is 12.7. The molecule has 0 atom stereocenters. The van der Waals surface area contributed by atoms with Gasteiger partial charge < -0.3 is 0 Å². The number of hydrogen-bond acceptors (Lipinski definition) is 0. The summed E-state index contributed by atoms with van der Waals surface area (Å²) in [5.74, 6) is -9.20. The first-order chi connectivity index (χ1) is 6.00. The zero-order valence-corrected chi connectivity index (χ0v) is 8.63. The van der Waals surface area contributed by atoms with Gasteiger partial charge in [-0.1, -0.05) is 0 Å². The Morgan fingerprint density at radius 1 is 0.692 bits per heavy atom. The van der Waals surface area contributed by atoms with Crippen molar-refractivity contribution < 1.29 is 22.0 Å². The molecule has 0 unspecified atom stereocenters. The van der Waals surface area contributed by atoms with E-state index < -0.39 is 53.6 Å². The third-order valence-corrected chi connectivity index (χ3v) is 3.56. The molecule has 1 aromatic carbocycles. The Hall–Kier alpha value is -0.340. The van der Waals surface area contributed by atoms with Crippen molar-refractivity contribution in [3.8, 4) is 0 Å². The second kappa shape index (κ2) is 3.81. The van der Waals surface area contributed by atoms with E-state index in [0.717, 1.165) is 0 Å². The van der Waals surface area contributed by atoms with E-state index in [1.807, 2.05) is 0 Å². The zero-order chi connectivity index (χ0) is 10.2. The van der Waals surface area contributed by atoms with E-state index in [9.17, 15) is 22.0 Å². The van der Waals surface area contributed by atoms with Crippen molar-refractivity contribution in [3.63, 3.8) is 0 Å². The van der Waals surface area contributed by atoms with E-state index in [1.54, 1.807) is 0 Å². The molecule has 0 aliphatic carbocycles. The standard InChI is InChI=1S/C7H3F5Te/c1-13-7-5(11)3(9)2(8)4(10)6(7)12/h1H3. The van der Waals surface area contributed by atoms with Crippen LogP contribution in [0.4, 0.5) is 22.0 Å². The molecule has 0 nitrogen and oxygen atoms in total. The van der Waals surface area contributed by atoms with Crippen LogP contribution in [0.2, 0.25) is 4.97 Å². The van der Waals surface area contributed by atoms with E-state index in [-0.39, 0.29) is 0 Å². The normalized spacial score (nSPS) is 10.6. The first kappa shape index (κ1) is 10.7. The molecule has 0 spiro atoms. The topological polar surface area (TPSA) is 0 Å². The second-order valence-corrected chi connectivity index (χ2v) is 4.43. The molecule has 0 saturated heterocycles. The average molecular weight is 310 g/mol. The van der Waals surface area contributed by atoms with Crippen molar-refractivity contribution in [2.75, 3.05) is 0 Å². The third-order valence-electron chi connectivity index (χ3n) is 1.37. The fourth-order valence-electron chi connectivity index (χ4n) is 0.764. The Bertz CT molecular complexity index is 320. The SMILES string of the molecule is C[Te]c1c(F)c(F)c(F)c(F)c1F. The molecule has 0 bridgehead atoms. The van der Waals surface area contributed by atoms with Gasteiger partial charge in [0.2, 0.25) is 0 Å². The van der Waals surface area contributed by atoms with Crippen LogP contribution in [0.15, 0.2) is 0 Å². The molecule has 0 saturated carbocycles. The Balaban J connectivity index is 3.56. The molecule has 0 fully saturated rings. The Morgan fingerprint density at radius 3 is 1.31 bits per heavy atom. The van der Waals surface area contributed by atoms with Gasteiger partial charge in [-0.2, -0.15) is 0 Å². The molecule has 0 aliphatic rings. The van der Waals surface area contributed by atoms with Gasteiger partial charge in [0.05, 0.1) is 0 Å². The van der Waals surface area contributed by atoms with Gasteiger partial charge in [0.1, 0.15) is 0 Å². The van der Waals surface area contributed by atoms with E-state index in [1.165, 1.54) is 4.97 Å². The van der Waals surface area contributed by atoms with Crippen LogP contribution in [0.1, 0.15) is 0 Å². The Kier molecular flexibility index (Phi) is 3.14.